The van der Waals surface area contributed by atoms with Gasteiger partial charge in [0.25, 0.3) is 5.91 Å². The molecule has 0 saturated heterocycles. The highest BCUT2D eigenvalue weighted by Gasteiger charge is 2.23. The van der Waals surface area contributed by atoms with Crippen LogP contribution in [-0.2, 0) is 11.3 Å². The number of carbonyl (C=O) groups excluding carboxylic acids is 1. The average Bonchev–Trinajstić information content (AvgIpc) is 3.15. The zero-order valence-corrected chi connectivity index (χ0v) is 18.6. The minimum Gasteiger partial charge on any atom is -0.481 e. The largest absolute Gasteiger partial charge is 0.481 e. The molecule has 7 heteroatoms. The summed E-state index contributed by atoms with van der Waals surface area (Å²) in [6.45, 7) is 8.14. The Morgan fingerprint density at radius 2 is 1.97 bits per heavy atom. The number of ether oxygens (including phenoxy) is 1. The van der Waals surface area contributed by atoms with E-state index in [9.17, 15) is 4.79 Å². The third kappa shape index (κ3) is 5.19. The number of nitrogens with zero attached hydrogens (tertiary/aromatic N) is 3. The summed E-state index contributed by atoms with van der Waals surface area (Å²) in [5.74, 6) is 1.63. The predicted molar refractivity (Wildman–Crippen MR) is 117 cm³/mol. The second-order valence-corrected chi connectivity index (χ2v) is 8.11. The van der Waals surface area contributed by atoms with Crippen LogP contribution in [0.5, 0.6) is 5.75 Å². The Labute approximate surface area is 181 Å². The van der Waals surface area contributed by atoms with Gasteiger partial charge in [0.2, 0.25) is 11.7 Å². The number of aryl methyl sites for hydroxylation is 1. The van der Waals surface area contributed by atoms with Crippen molar-refractivity contribution in [1.82, 2.24) is 15.0 Å². The third-order valence-electron chi connectivity index (χ3n) is 4.74. The van der Waals surface area contributed by atoms with E-state index in [1.807, 2.05) is 37.3 Å². The van der Waals surface area contributed by atoms with Crippen molar-refractivity contribution in [3.8, 4) is 17.1 Å². The molecule has 0 radical (unpaired) electrons. The number of aromatic nitrogens is 2. The van der Waals surface area contributed by atoms with Crippen molar-refractivity contribution in [2.75, 3.05) is 7.05 Å². The summed E-state index contributed by atoms with van der Waals surface area (Å²) in [7, 11) is 1.69. The van der Waals surface area contributed by atoms with Crippen molar-refractivity contribution < 1.29 is 14.1 Å². The van der Waals surface area contributed by atoms with Gasteiger partial charge in [-0.15, -0.1) is 0 Å². The quantitative estimate of drug-likeness (QED) is 0.515. The maximum absolute atomic E-state index is 12.8. The van der Waals surface area contributed by atoms with Crippen LogP contribution >= 0.6 is 11.6 Å². The Morgan fingerprint density at radius 3 is 2.67 bits per heavy atom. The predicted octanol–water partition coefficient (Wildman–Crippen LogP) is 5.25. The lowest BCUT2D eigenvalue weighted by molar-refractivity contribution is -0.137. The molecule has 1 atom stereocenters. The van der Waals surface area contributed by atoms with Crippen LogP contribution < -0.4 is 4.74 Å². The first-order valence-corrected chi connectivity index (χ1v) is 10.2. The van der Waals surface area contributed by atoms with E-state index < -0.39 is 6.10 Å². The molecule has 0 N–H and O–H groups in total. The fourth-order valence-electron chi connectivity index (χ4n) is 3.12. The molecular weight excluding hydrogens is 402 g/mol. The van der Waals surface area contributed by atoms with E-state index in [2.05, 4.69) is 24.0 Å². The lowest BCUT2D eigenvalue weighted by Gasteiger charge is -2.23. The van der Waals surface area contributed by atoms with Crippen LogP contribution in [0.4, 0.5) is 0 Å². The average molecular weight is 428 g/mol. The number of amides is 1. The van der Waals surface area contributed by atoms with E-state index in [1.165, 1.54) is 4.90 Å². The van der Waals surface area contributed by atoms with Crippen molar-refractivity contribution in [3.05, 3.63) is 64.5 Å². The Morgan fingerprint density at radius 1 is 1.20 bits per heavy atom. The van der Waals surface area contributed by atoms with Gasteiger partial charge in [-0.05, 0) is 49.1 Å². The van der Waals surface area contributed by atoms with Gasteiger partial charge < -0.3 is 14.2 Å². The van der Waals surface area contributed by atoms with E-state index in [1.54, 1.807) is 26.1 Å². The number of hydrogen-bond donors (Lipinski definition) is 0. The van der Waals surface area contributed by atoms with Gasteiger partial charge in [0, 0.05) is 17.6 Å². The Kier molecular flexibility index (Phi) is 6.77. The zero-order valence-electron chi connectivity index (χ0n) is 17.8. The molecule has 1 amide bonds. The van der Waals surface area contributed by atoms with Crippen molar-refractivity contribution in [1.29, 1.82) is 0 Å². The Bertz CT molecular complexity index is 1030. The molecule has 0 bridgehead atoms. The highest BCUT2D eigenvalue weighted by atomic mass is 35.5. The molecule has 3 rings (SSSR count). The second-order valence-electron chi connectivity index (χ2n) is 7.67. The van der Waals surface area contributed by atoms with E-state index in [-0.39, 0.29) is 12.5 Å². The van der Waals surface area contributed by atoms with E-state index in [4.69, 9.17) is 20.9 Å². The number of rotatable bonds is 7. The van der Waals surface area contributed by atoms with Crippen molar-refractivity contribution in [2.24, 2.45) is 0 Å². The van der Waals surface area contributed by atoms with Gasteiger partial charge in [0.15, 0.2) is 6.10 Å². The van der Waals surface area contributed by atoms with Crippen LogP contribution in [0.2, 0.25) is 5.02 Å². The summed E-state index contributed by atoms with van der Waals surface area (Å²) < 4.78 is 11.3. The highest BCUT2D eigenvalue weighted by Crippen LogP contribution is 2.28. The van der Waals surface area contributed by atoms with Crippen molar-refractivity contribution in [2.45, 2.75) is 46.3 Å². The summed E-state index contributed by atoms with van der Waals surface area (Å²) in [5.41, 5.74) is 2.91. The summed E-state index contributed by atoms with van der Waals surface area (Å²) >= 11 is 6.02. The van der Waals surface area contributed by atoms with Crippen molar-refractivity contribution >= 4 is 17.5 Å². The van der Waals surface area contributed by atoms with Crippen LogP contribution in [0.3, 0.4) is 0 Å². The van der Waals surface area contributed by atoms with Gasteiger partial charge in [0.05, 0.1) is 6.54 Å². The molecule has 158 valence electrons. The van der Waals surface area contributed by atoms with Gasteiger partial charge in [-0.3, -0.25) is 4.79 Å². The Balaban J connectivity index is 1.67. The topological polar surface area (TPSA) is 68.5 Å². The van der Waals surface area contributed by atoms with Crippen LogP contribution in [-0.4, -0.2) is 34.1 Å². The Hall–Kier alpha value is -2.86. The number of likely N-dealkylation sites (N-methyl/N-ethyl adjacent to an activating group) is 1. The van der Waals surface area contributed by atoms with E-state index in [0.717, 1.165) is 22.4 Å². The first-order chi connectivity index (χ1) is 14.2. The maximum Gasteiger partial charge on any atom is 0.263 e. The lowest BCUT2D eigenvalue weighted by Crippen LogP contribution is -2.37. The summed E-state index contributed by atoms with van der Waals surface area (Å²) in [4.78, 5) is 18.7. The van der Waals surface area contributed by atoms with Gasteiger partial charge in [-0.25, -0.2) is 0 Å². The van der Waals surface area contributed by atoms with E-state index >= 15 is 0 Å². The molecular formula is C23H26ClN3O3. The molecule has 0 spiro atoms. The van der Waals surface area contributed by atoms with Gasteiger partial charge >= 0.3 is 0 Å². The smallest absolute Gasteiger partial charge is 0.263 e. The zero-order chi connectivity index (χ0) is 21.8. The fourth-order valence-corrected chi connectivity index (χ4v) is 3.31. The van der Waals surface area contributed by atoms with Crippen LogP contribution in [0.15, 0.2) is 47.0 Å². The highest BCUT2D eigenvalue weighted by molar-refractivity contribution is 6.30. The van der Waals surface area contributed by atoms with Gasteiger partial charge in [-0.2, -0.15) is 4.98 Å². The lowest BCUT2D eigenvalue weighted by atomic mass is 10.0. The minimum absolute atomic E-state index is 0.172. The SMILES string of the molecule is Cc1ccc(C(C)C)c(O[C@H](C)C(=O)N(C)Cc2nc(-c3cccc(Cl)c3)no2)c1. The minimum atomic E-state index is -0.648. The molecule has 0 aliphatic rings. The number of benzene rings is 2. The van der Waals surface area contributed by atoms with Crippen molar-refractivity contribution in [3.63, 3.8) is 0 Å². The first-order valence-electron chi connectivity index (χ1n) is 9.85. The van der Waals surface area contributed by atoms with Crippen LogP contribution in [0.25, 0.3) is 11.4 Å². The molecule has 30 heavy (non-hydrogen) atoms. The number of hydrogen-bond acceptors (Lipinski definition) is 5. The molecule has 0 saturated carbocycles. The van der Waals surface area contributed by atoms with E-state index in [0.29, 0.717) is 22.7 Å². The van der Waals surface area contributed by atoms with Gasteiger partial charge in [-0.1, -0.05) is 54.9 Å². The van der Waals surface area contributed by atoms with Crippen LogP contribution in [0.1, 0.15) is 43.7 Å². The third-order valence-corrected chi connectivity index (χ3v) is 4.98. The first kappa shape index (κ1) is 21.8. The number of halogens is 1. The molecule has 0 aliphatic carbocycles. The summed E-state index contributed by atoms with van der Waals surface area (Å²) in [6.07, 6.45) is -0.648. The maximum atomic E-state index is 12.8. The molecule has 0 fully saturated rings. The molecule has 2 aromatic carbocycles. The summed E-state index contributed by atoms with van der Waals surface area (Å²) in [6, 6.07) is 13.3. The summed E-state index contributed by atoms with van der Waals surface area (Å²) in [5, 5.41) is 4.57. The fraction of sp³-hybridized carbons (Fsp3) is 0.348. The van der Waals surface area contributed by atoms with Crippen LogP contribution in [0, 0.1) is 6.92 Å². The molecule has 3 aromatic rings. The normalized spacial score (nSPS) is 12.1. The number of carbonyl (C=O) groups is 1. The second kappa shape index (κ2) is 9.30. The van der Waals surface area contributed by atoms with Gasteiger partial charge in [0.1, 0.15) is 5.75 Å². The molecule has 0 aliphatic heterocycles. The molecule has 6 nitrogen and oxygen atoms in total. The standard InChI is InChI=1S/C23H26ClN3O3/c1-14(2)19-10-9-15(3)11-20(19)29-16(4)23(28)27(5)13-21-25-22(26-30-21)17-7-6-8-18(24)12-17/h6-12,14,16H,13H2,1-5H3/t16-/m1/s1. The molecule has 1 heterocycles. The monoisotopic (exact) mass is 427 g/mol. The molecule has 1 aromatic heterocycles. The molecule has 0 unspecified atom stereocenters.